The van der Waals surface area contributed by atoms with Crippen molar-refractivity contribution in [1.82, 2.24) is 19.7 Å². The number of aromatic nitrogens is 4. The second-order valence-electron chi connectivity index (χ2n) is 6.58. The Hall–Kier alpha value is -3.06. The third kappa shape index (κ3) is 4.61. The molecule has 0 saturated carbocycles. The number of hydrogen-bond acceptors (Lipinski definition) is 5. The molecule has 0 atom stereocenters. The van der Waals surface area contributed by atoms with Crippen molar-refractivity contribution in [1.29, 1.82) is 0 Å². The molecule has 1 N–H and O–H groups in total. The van der Waals surface area contributed by atoms with Gasteiger partial charge in [0.15, 0.2) is 0 Å². The maximum atomic E-state index is 13.0. The Balaban J connectivity index is 1.36. The van der Waals surface area contributed by atoms with Gasteiger partial charge in [-0.1, -0.05) is 47.7 Å². The van der Waals surface area contributed by atoms with Gasteiger partial charge in [0.05, 0.1) is 0 Å². The van der Waals surface area contributed by atoms with Gasteiger partial charge in [-0.05, 0) is 35.7 Å². The number of hydrogen-bond donors (Lipinski definition) is 1. The lowest BCUT2D eigenvalue weighted by atomic mass is 10.1. The van der Waals surface area contributed by atoms with Gasteiger partial charge in [-0.2, -0.15) is 0 Å². The minimum atomic E-state index is -0.228. The van der Waals surface area contributed by atoms with Gasteiger partial charge in [0.1, 0.15) is 16.6 Å². The van der Waals surface area contributed by atoms with Crippen molar-refractivity contribution >= 4 is 16.5 Å². The molecule has 2 aromatic carbocycles. The third-order valence-electron chi connectivity index (χ3n) is 4.45. The number of halogens is 1. The molecule has 2 aromatic heterocycles. The quantitative estimate of drug-likeness (QED) is 0.505. The smallest absolute Gasteiger partial charge is 0.205 e. The van der Waals surface area contributed by atoms with E-state index in [1.165, 1.54) is 34.6 Å². The highest BCUT2D eigenvalue weighted by molar-refractivity contribution is 7.15. The van der Waals surface area contributed by atoms with Crippen molar-refractivity contribution in [2.75, 3.05) is 5.32 Å². The van der Waals surface area contributed by atoms with E-state index in [4.69, 9.17) is 0 Å². The van der Waals surface area contributed by atoms with Gasteiger partial charge in [-0.25, -0.2) is 9.37 Å². The van der Waals surface area contributed by atoms with Crippen LogP contribution in [-0.4, -0.2) is 19.7 Å². The van der Waals surface area contributed by atoms with Crippen LogP contribution in [0.3, 0.4) is 0 Å². The van der Waals surface area contributed by atoms with Crippen LogP contribution in [0.15, 0.2) is 60.9 Å². The molecule has 0 aliphatic heterocycles. The van der Waals surface area contributed by atoms with Crippen LogP contribution in [0.2, 0.25) is 0 Å². The lowest BCUT2D eigenvalue weighted by Gasteiger charge is -2.08. The second kappa shape index (κ2) is 8.31. The maximum absolute atomic E-state index is 13.0. The molecule has 0 spiro atoms. The second-order valence-corrected chi connectivity index (χ2v) is 7.64. The summed E-state index contributed by atoms with van der Waals surface area (Å²) in [5.41, 5.74) is 3.44. The standard InChI is InChI=1S/C21H20FN5S/c1-15-23-9-10-27(15)14-18-4-2-3-17(11-18)13-24-21-26-25-20(28-21)12-16-5-7-19(22)8-6-16/h2-11H,12-14H2,1H3,(H,24,26). The first-order valence-corrected chi connectivity index (χ1v) is 9.83. The average molecular weight is 393 g/mol. The first kappa shape index (κ1) is 18.3. The number of benzene rings is 2. The fourth-order valence-corrected chi connectivity index (χ4v) is 3.73. The number of rotatable bonds is 7. The molecule has 4 aromatic rings. The first-order chi connectivity index (χ1) is 13.7. The Morgan fingerprint density at radius 2 is 1.86 bits per heavy atom. The first-order valence-electron chi connectivity index (χ1n) is 9.02. The maximum Gasteiger partial charge on any atom is 0.205 e. The van der Waals surface area contributed by atoms with Crippen molar-refractivity contribution in [2.45, 2.75) is 26.4 Å². The molecule has 0 aliphatic carbocycles. The van der Waals surface area contributed by atoms with Crippen molar-refractivity contribution < 1.29 is 4.39 Å². The van der Waals surface area contributed by atoms with Gasteiger partial charge in [-0.3, -0.25) is 0 Å². The number of nitrogens with one attached hydrogen (secondary N) is 1. The zero-order valence-corrected chi connectivity index (χ0v) is 16.3. The van der Waals surface area contributed by atoms with Crippen molar-refractivity contribution in [3.63, 3.8) is 0 Å². The molecule has 0 radical (unpaired) electrons. The van der Waals surface area contributed by atoms with Crippen LogP contribution in [0, 0.1) is 12.7 Å². The van der Waals surface area contributed by atoms with Crippen molar-refractivity contribution in [3.05, 3.63) is 94.3 Å². The Bertz CT molecular complexity index is 1050. The highest BCUT2D eigenvalue weighted by atomic mass is 32.1. The van der Waals surface area contributed by atoms with Gasteiger partial charge in [0.25, 0.3) is 0 Å². The molecular formula is C21H20FN5S. The summed E-state index contributed by atoms with van der Waals surface area (Å²) in [6.45, 7) is 3.49. The topological polar surface area (TPSA) is 55.6 Å². The normalized spacial score (nSPS) is 10.9. The van der Waals surface area contributed by atoms with E-state index in [1.54, 1.807) is 12.1 Å². The van der Waals surface area contributed by atoms with Gasteiger partial charge in [-0.15, -0.1) is 10.2 Å². The SMILES string of the molecule is Cc1nccn1Cc1cccc(CNc2nnc(Cc3ccc(F)cc3)s2)c1. The van der Waals surface area contributed by atoms with Crippen LogP contribution in [-0.2, 0) is 19.5 Å². The molecule has 0 unspecified atom stereocenters. The summed E-state index contributed by atoms with van der Waals surface area (Å²) in [5.74, 6) is 0.778. The van der Waals surface area contributed by atoms with E-state index in [1.807, 2.05) is 19.3 Å². The summed E-state index contributed by atoms with van der Waals surface area (Å²) >= 11 is 1.52. The van der Waals surface area contributed by atoms with E-state index >= 15 is 0 Å². The molecule has 0 amide bonds. The molecule has 142 valence electrons. The lowest BCUT2D eigenvalue weighted by Crippen LogP contribution is -2.03. The Kier molecular flexibility index (Phi) is 5.43. The molecule has 4 rings (SSSR count). The van der Waals surface area contributed by atoms with Crippen LogP contribution in [0.1, 0.15) is 27.5 Å². The summed E-state index contributed by atoms with van der Waals surface area (Å²) in [7, 11) is 0. The zero-order valence-electron chi connectivity index (χ0n) is 15.5. The van der Waals surface area contributed by atoms with E-state index < -0.39 is 0 Å². The molecule has 28 heavy (non-hydrogen) atoms. The predicted octanol–water partition coefficient (Wildman–Crippen LogP) is 4.43. The van der Waals surface area contributed by atoms with Crippen LogP contribution in [0.5, 0.6) is 0 Å². The molecule has 0 fully saturated rings. The Morgan fingerprint density at radius 3 is 2.64 bits per heavy atom. The molecule has 0 saturated heterocycles. The summed E-state index contributed by atoms with van der Waals surface area (Å²) in [6, 6.07) is 15.0. The fraction of sp³-hybridized carbons (Fsp3) is 0.190. The highest BCUT2D eigenvalue weighted by Gasteiger charge is 2.06. The molecule has 0 aliphatic rings. The fourth-order valence-electron chi connectivity index (χ4n) is 2.96. The monoisotopic (exact) mass is 393 g/mol. The van der Waals surface area contributed by atoms with Gasteiger partial charge < -0.3 is 9.88 Å². The van der Waals surface area contributed by atoms with E-state index in [2.05, 4.69) is 49.3 Å². The minimum Gasteiger partial charge on any atom is -0.356 e. The van der Waals surface area contributed by atoms with Crippen LogP contribution < -0.4 is 5.32 Å². The number of nitrogens with zero attached hydrogens (tertiary/aromatic N) is 4. The van der Waals surface area contributed by atoms with Gasteiger partial charge in [0.2, 0.25) is 5.13 Å². The van der Waals surface area contributed by atoms with E-state index in [9.17, 15) is 4.39 Å². The summed E-state index contributed by atoms with van der Waals surface area (Å²) in [6.07, 6.45) is 4.46. The molecule has 7 heteroatoms. The zero-order chi connectivity index (χ0) is 19.3. The lowest BCUT2D eigenvalue weighted by molar-refractivity contribution is 0.627. The van der Waals surface area contributed by atoms with E-state index in [0.717, 1.165) is 28.1 Å². The van der Waals surface area contributed by atoms with E-state index in [-0.39, 0.29) is 5.82 Å². The van der Waals surface area contributed by atoms with Crippen LogP contribution in [0.4, 0.5) is 9.52 Å². The van der Waals surface area contributed by atoms with E-state index in [0.29, 0.717) is 13.0 Å². The molecular weight excluding hydrogens is 373 g/mol. The highest BCUT2D eigenvalue weighted by Crippen LogP contribution is 2.20. The number of aryl methyl sites for hydroxylation is 1. The van der Waals surface area contributed by atoms with Crippen LogP contribution >= 0.6 is 11.3 Å². The van der Waals surface area contributed by atoms with Crippen LogP contribution in [0.25, 0.3) is 0 Å². The third-order valence-corrected chi connectivity index (χ3v) is 5.33. The van der Waals surface area contributed by atoms with Gasteiger partial charge in [0, 0.05) is 31.9 Å². The summed E-state index contributed by atoms with van der Waals surface area (Å²) < 4.78 is 15.1. The minimum absolute atomic E-state index is 0.228. The van der Waals surface area contributed by atoms with Crippen molar-refractivity contribution in [2.24, 2.45) is 0 Å². The average Bonchev–Trinajstić information content (AvgIpc) is 3.31. The molecule has 2 heterocycles. The Morgan fingerprint density at radius 1 is 1.04 bits per heavy atom. The van der Waals surface area contributed by atoms with Gasteiger partial charge >= 0.3 is 0 Å². The molecule has 0 bridgehead atoms. The number of imidazole rings is 1. The predicted molar refractivity (Wildman–Crippen MR) is 109 cm³/mol. The Labute approximate surface area is 166 Å². The summed E-state index contributed by atoms with van der Waals surface area (Å²) in [5, 5.41) is 13.5. The molecule has 5 nitrogen and oxygen atoms in total. The number of anilines is 1. The summed E-state index contributed by atoms with van der Waals surface area (Å²) in [4.78, 5) is 4.27. The largest absolute Gasteiger partial charge is 0.356 e. The van der Waals surface area contributed by atoms with Crippen molar-refractivity contribution in [3.8, 4) is 0 Å².